The summed E-state index contributed by atoms with van der Waals surface area (Å²) in [6, 6.07) is 0. The Balaban J connectivity index is 0. The molecular weight excluding hydrogens is 227 g/mol. The van der Waals surface area contributed by atoms with Gasteiger partial charge in [0.15, 0.2) is 0 Å². The number of carbonyl (C=O) groups is 1. The number of unbranched alkanes of at least 4 members (excludes halogenated alkanes) is 1. The molecule has 100 valence electrons. The van der Waals surface area contributed by atoms with Crippen molar-refractivity contribution < 1.29 is 33.9 Å². The van der Waals surface area contributed by atoms with Gasteiger partial charge in [0.25, 0.3) is 0 Å². The summed E-state index contributed by atoms with van der Waals surface area (Å²) < 4.78 is 0. The van der Waals surface area contributed by atoms with Crippen LogP contribution < -0.4 is 34.6 Å². The maximum atomic E-state index is 10.1. The SMILES string of the molecule is CCC/C=C/C(O)CNCCNCCC(=O)[O-].[Li+]. The van der Waals surface area contributed by atoms with Gasteiger partial charge >= 0.3 is 18.9 Å². The third-order valence-corrected chi connectivity index (χ3v) is 2.15. The number of carbonyl (C=O) groups excluding carboxylic acids is 1. The molecular formula is C12H23LiN2O3. The molecule has 0 aliphatic heterocycles. The van der Waals surface area contributed by atoms with Crippen molar-refractivity contribution in [1.82, 2.24) is 10.6 Å². The van der Waals surface area contributed by atoms with Crippen LogP contribution in [0.2, 0.25) is 0 Å². The average molecular weight is 250 g/mol. The number of hydrogen-bond donors (Lipinski definition) is 3. The van der Waals surface area contributed by atoms with Crippen molar-refractivity contribution in [2.24, 2.45) is 0 Å². The normalized spacial score (nSPS) is 12.3. The molecule has 0 saturated heterocycles. The molecule has 0 spiro atoms. The van der Waals surface area contributed by atoms with Gasteiger partial charge in [-0.1, -0.05) is 25.5 Å². The summed E-state index contributed by atoms with van der Waals surface area (Å²) in [5.74, 6) is -1.04. The molecule has 0 aliphatic rings. The van der Waals surface area contributed by atoms with E-state index in [0.717, 1.165) is 12.8 Å². The molecule has 1 unspecified atom stereocenters. The van der Waals surface area contributed by atoms with E-state index in [4.69, 9.17) is 0 Å². The molecule has 0 aliphatic carbocycles. The molecule has 3 N–H and O–H groups in total. The van der Waals surface area contributed by atoms with Gasteiger partial charge in [-0.2, -0.15) is 0 Å². The smallest absolute Gasteiger partial charge is 0.550 e. The van der Waals surface area contributed by atoms with E-state index >= 15 is 0 Å². The van der Waals surface area contributed by atoms with Crippen molar-refractivity contribution in [1.29, 1.82) is 0 Å². The van der Waals surface area contributed by atoms with Gasteiger partial charge in [-0.15, -0.1) is 0 Å². The number of nitrogens with one attached hydrogen (secondary N) is 2. The van der Waals surface area contributed by atoms with E-state index in [-0.39, 0.29) is 25.3 Å². The minimum absolute atomic E-state index is 0. The largest absolute Gasteiger partial charge is 1.00 e. The van der Waals surface area contributed by atoms with E-state index in [0.29, 0.717) is 26.2 Å². The first-order chi connectivity index (χ1) is 8.16. The van der Waals surface area contributed by atoms with Gasteiger partial charge in [0.2, 0.25) is 0 Å². The Hall–Kier alpha value is -0.313. The molecule has 0 aromatic heterocycles. The number of rotatable bonds is 11. The third kappa shape index (κ3) is 15.7. The molecule has 0 rings (SSSR count). The van der Waals surface area contributed by atoms with Crippen LogP contribution in [0, 0.1) is 0 Å². The summed E-state index contributed by atoms with van der Waals surface area (Å²) in [6.07, 6.45) is 5.41. The van der Waals surface area contributed by atoms with Gasteiger partial charge in [-0.25, -0.2) is 0 Å². The van der Waals surface area contributed by atoms with Crippen molar-refractivity contribution in [3.8, 4) is 0 Å². The predicted octanol–water partition coefficient (Wildman–Crippen LogP) is -3.97. The topological polar surface area (TPSA) is 84.4 Å². The maximum Gasteiger partial charge on any atom is 1.00 e. The van der Waals surface area contributed by atoms with Gasteiger partial charge in [-0.3, -0.25) is 0 Å². The Morgan fingerprint density at radius 3 is 2.61 bits per heavy atom. The molecule has 0 amide bonds. The van der Waals surface area contributed by atoms with Gasteiger partial charge in [0.05, 0.1) is 6.10 Å². The fourth-order valence-corrected chi connectivity index (χ4v) is 1.23. The zero-order chi connectivity index (χ0) is 12.9. The van der Waals surface area contributed by atoms with Crippen molar-refractivity contribution in [3.63, 3.8) is 0 Å². The van der Waals surface area contributed by atoms with Crippen LogP contribution in [0.1, 0.15) is 26.2 Å². The minimum Gasteiger partial charge on any atom is -0.550 e. The number of aliphatic hydroxyl groups is 1. The van der Waals surface area contributed by atoms with Crippen LogP contribution in [0.4, 0.5) is 0 Å². The standard InChI is InChI=1S/C12H24N2O3.Li/c1-2-3-4-5-11(15)10-14-9-8-13-7-6-12(16)17;/h4-5,11,13-15H,2-3,6-10H2,1H3,(H,16,17);/q;+1/p-1/b5-4+;. The Morgan fingerprint density at radius 1 is 1.33 bits per heavy atom. The molecule has 0 bridgehead atoms. The summed E-state index contributed by atoms with van der Waals surface area (Å²) in [6.45, 7) is 4.41. The van der Waals surface area contributed by atoms with Crippen LogP contribution in [0.3, 0.4) is 0 Å². The number of carboxylic acid groups (broad SMARTS) is 1. The number of aliphatic hydroxyl groups excluding tert-OH is 1. The van der Waals surface area contributed by atoms with Crippen molar-refractivity contribution >= 4 is 5.97 Å². The zero-order valence-electron chi connectivity index (χ0n) is 11.4. The van der Waals surface area contributed by atoms with Crippen LogP contribution in [0.15, 0.2) is 12.2 Å². The Kier molecular flexibility index (Phi) is 16.4. The zero-order valence-corrected chi connectivity index (χ0v) is 11.4. The van der Waals surface area contributed by atoms with E-state index in [1.54, 1.807) is 6.08 Å². The molecule has 0 fully saturated rings. The van der Waals surface area contributed by atoms with Crippen molar-refractivity contribution in [2.75, 3.05) is 26.2 Å². The first-order valence-corrected chi connectivity index (χ1v) is 6.12. The van der Waals surface area contributed by atoms with E-state index in [1.807, 2.05) is 6.08 Å². The van der Waals surface area contributed by atoms with Gasteiger partial charge in [-0.05, 0) is 12.8 Å². The van der Waals surface area contributed by atoms with E-state index in [2.05, 4.69) is 17.6 Å². The van der Waals surface area contributed by atoms with Gasteiger partial charge in [0.1, 0.15) is 0 Å². The summed E-state index contributed by atoms with van der Waals surface area (Å²) in [5.41, 5.74) is 0. The molecule has 0 heterocycles. The van der Waals surface area contributed by atoms with Crippen LogP contribution >= 0.6 is 0 Å². The van der Waals surface area contributed by atoms with Gasteiger partial charge < -0.3 is 25.6 Å². The van der Waals surface area contributed by atoms with Crippen LogP contribution in [0.25, 0.3) is 0 Å². The molecule has 1 atom stereocenters. The fourth-order valence-electron chi connectivity index (χ4n) is 1.23. The summed E-state index contributed by atoms with van der Waals surface area (Å²) in [4.78, 5) is 10.1. The molecule has 5 nitrogen and oxygen atoms in total. The number of hydrogen-bond acceptors (Lipinski definition) is 5. The minimum atomic E-state index is -1.04. The summed E-state index contributed by atoms with van der Waals surface area (Å²) >= 11 is 0. The van der Waals surface area contributed by atoms with Crippen LogP contribution in [-0.2, 0) is 4.79 Å². The average Bonchev–Trinajstić information content (AvgIpc) is 2.28. The van der Waals surface area contributed by atoms with Crippen molar-refractivity contribution in [3.05, 3.63) is 12.2 Å². The molecule has 6 heteroatoms. The van der Waals surface area contributed by atoms with Gasteiger partial charge in [0, 0.05) is 32.1 Å². The molecule has 0 radical (unpaired) electrons. The van der Waals surface area contributed by atoms with Crippen LogP contribution in [0.5, 0.6) is 0 Å². The molecule has 0 aromatic rings. The predicted molar refractivity (Wildman–Crippen MR) is 65.4 cm³/mol. The molecule has 0 aromatic carbocycles. The maximum absolute atomic E-state index is 10.1. The fraction of sp³-hybridized carbons (Fsp3) is 0.750. The third-order valence-electron chi connectivity index (χ3n) is 2.15. The second-order valence-electron chi connectivity index (χ2n) is 3.86. The Bertz CT molecular complexity index is 225. The second kappa shape index (κ2) is 14.7. The summed E-state index contributed by atoms with van der Waals surface area (Å²) in [5, 5.41) is 25.6. The second-order valence-corrected chi connectivity index (χ2v) is 3.86. The van der Waals surface area contributed by atoms with E-state index in [1.165, 1.54) is 0 Å². The first-order valence-electron chi connectivity index (χ1n) is 6.12. The van der Waals surface area contributed by atoms with E-state index < -0.39 is 12.1 Å². The van der Waals surface area contributed by atoms with Crippen molar-refractivity contribution in [2.45, 2.75) is 32.3 Å². The quantitative estimate of drug-likeness (QED) is 0.198. The number of allylic oxidation sites excluding steroid dienone is 1. The Labute approximate surface area is 121 Å². The monoisotopic (exact) mass is 250 g/mol. The first kappa shape index (κ1) is 20.0. The van der Waals surface area contributed by atoms with E-state index in [9.17, 15) is 15.0 Å². The Morgan fingerprint density at radius 2 is 2.00 bits per heavy atom. The molecule has 0 saturated carbocycles. The number of carboxylic acids is 1. The summed E-state index contributed by atoms with van der Waals surface area (Å²) in [7, 11) is 0. The molecule has 18 heavy (non-hydrogen) atoms. The van der Waals surface area contributed by atoms with Crippen LogP contribution in [-0.4, -0.2) is 43.4 Å². The number of aliphatic carboxylic acids is 1.